The lowest BCUT2D eigenvalue weighted by molar-refractivity contribution is 0.340. The van der Waals surface area contributed by atoms with E-state index in [1.54, 1.807) is 24.3 Å². The third-order valence-corrected chi connectivity index (χ3v) is 2.09. The second-order valence-electron chi connectivity index (χ2n) is 2.53. The summed E-state index contributed by atoms with van der Waals surface area (Å²) in [5.41, 5.74) is 0.775. The lowest BCUT2D eigenvalue weighted by Crippen LogP contribution is -1.94. The topological polar surface area (TPSA) is 49.4 Å². The molecule has 0 N–H and O–H groups in total. The minimum atomic E-state index is -2.02. The van der Waals surface area contributed by atoms with Crippen molar-refractivity contribution in [3.05, 3.63) is 29.8 Å². The van der Waals surface area contributed by atoms with Crippen LogP contribution in [0.1, 0.15) is 12.5 Å². The summed E-state index contributed by atoms with van der Waals surface area (Å²) < 4.78 is 25.9. The number of hydrogen-bond donors (Lipinski definition) is 0. The normalized spacial score (nSPS) is 12.5. The maximum Gasteiger partial charge on any atom is 0.119 e. The maximum absolute atomic E-state index is 10.3. The van der Waals surface area contributed by atoms with Crippen LogP contribution in [0.15, 0.2) is 24.3 Å². The molecule has 1 aromatic rings. The molecular formula is C9H11O3S-. The van der Waals surface area contributed by atoms with Crippen molar-refractivity contribution in [2.24, 2.45) is 0 Å². The highest BCUT2D eigenvalue weighted by Crippen LogP contribution is 2.12. The van der Waals surface area contributed by atoms with Gasteiger partial charge in [0.15, 0.2) is 0 Å². The first-order valence-electron chi connectivity index (χ1n) is 4.00. The van der Waals surface area contributed by atoms with E-state index in [0.717, 1.165) is 11.3 Å². The highest BCUT2D eigenvalue weighted by Gasteiger charge is 1.94. The summed E-state index contributed by atoms with van der Waals surface area (Å²) in [4.78, 5) is 0. The average molecular weight is 199 g/mol. The highest BCUT2D eigenvalue weighted by molar-refractivity contribution is 7.78. The second-order valence-corrected chi connectivity index (χ2v) is 3.42. The van der Waals surface area contributed by atoms with E-state index < -0.39 is 11.1 Å². The molecule has 1 rings (SSSR count). The Kier molecular flexibility index (Phi) is 3.92. The first kappa shape index (κ1) is 10.2. The van der Waals surface area contributed by atoms with Gasteiger partial charge in [-0.05, 0) is 24.6 Å². The number of rotatable bonds is 4. The molecule has 0 saturated carbocycles. The summed E-state index contributed by atoms with van der Waals surface area (Å²) >= 11 is -2.02. The Hall–Kier alpha value is -0.870. The minimum Gasteiger partial charge on any atom is -0.772 e. The van der Waals surface area contributed by atoms with Gasteiger partial charge >= 0.3 is 0 Å². The lowest BCUT2D eigenvalue weighted by atomic mass is 10.2. The van der Waals surface area contributed by atoms with Crippen LogP contribution in [-0.4, -0.2) is 15.4 Å². The van der Waals surface area contributed by atoms with Gasteiger partial charge in [-0.25, -0.2) is 0 Å². The van der Waals surface area contributed by atoms with Gasteiger partial charge in [-0.1, -0.05) is 23.2 Å². The van der Waals surface area contributed by atoms with E-state index in [4.69, 9.17) is 4.74 Å². The van der Waals surface area contributed by atoms with Gasteiger partial charge in [0.2, 0.25) is 0 Å². The summed E-state index contributed by atoms with van der Waals surface area (Å²) in [6.45, 7) is 2.52. The average Bonchev–Trinajstić information content (AvgIpc) is 2.08. The molecule has 0 aromatic heterocycles. The van der Waals surface area contributed by atoms with Crippen molar-refractivity contribution in [1.82, 2.24) is 0 Å². The molecule has 0 radical (unpaired) electrons. The van der Waals surface area contributed by atoms with Crippen LogP contribution >= 0.6 is 0 Å². The molecule has 3 nitrogen and oxygen atoms in total. The molecule has 0 heterocycles. The molecule has 0 spiro atoms. The Morgan fingerprint density at radius 1 is 1.38 bits per heavy atom. The molecular weight excluding hydrogens is 188 g/mol. The summed E-state index contributed by atoms with van der Waals surface area (Å²) in [6, 6.07) is 7.04. The molecule has 0 fully saturated rings. The molecule has 1 atom stereocenters. The van der Waals surface area contributed by atoms with Crippen molar-refractivity contribution in [2.75, 3.05) is 6.61 Å². The predicted molar refractivity (Wildman–Crippen MR) is 50.2 cm³/mol. The highest BCUT2D eigenvalue weighted by atomic mass is 32.2. The van der Waals surface area contributed by atoms with Crippen LogP contribution in [0.5, 0.6) is 5.75 Å². The fourth-order valence-electron chi connectivity index (χ4n) is 0.985. The van der Waals surface area contributed by atoms with Crippen LogP contribution in [0.2, 0.25) is 0 Å². The summed E-state index contributed by atoms with van der Waals surface area (Å²) in [5.74, 6) is 0.829. The van der Waals surface area contributed by atoms with Crippen LogP contribution in [0, 0.1) is 0 Å². The number of ether oxygens (including phenoxy) is 1. The molecule has 0 aliphatic carbocycles. The van der Waals surface area contributed by atoms with Crippen LogP contribution in [0.3, 0.4) is 0 Å². The summed E-state index contributed by atoms with van der Waals surface area (Å²) in [7, 11) is 0. The van der Waals surface area contributed by atoms with Gasteiger partial charge in [0.1, 0.15) is 5.75 Å². The maximum atomic E-state index is 10.3. The Morgan fingerprint density at radius 3 is 2.46 bits per heavy atom. The smallest absolute Gasteiger partial charge is 0.119 e. The van der Waals surface area contributed by atoms with Crippen molar-refractivity contribution >= 4 is 11.1 Å². The van der Waals surface area contributed by atoms with E-state index in [2.05, 4.69) is 0 Å². The zero-order chi connectivity index (χ0) is 9.68. The Balaban J connectivity index is 2.64. The second kappa shape index (κ2) is 4.99. The largest absolute Gasteiger partial charge is 0.772 e. The van der Waals surface area contributed by atoms with Gasteiger partial charge in [-0.15, -0.1) is 0 Å². The zero-order valence-electron chi connectivity index (χ0n) is 7.36. The molecule has 13 heavy (non-hydrogen) atoms. The SMILES string of the molecule is CCOc1ccc(CS(=O)[O-])cc1. The quantitative estimate of drug-likeness (QED) is 0.690. The van der Waals surface area contributed by atoms with Gasteiger partial charge in [0.25, 0.3) is 0 Å². The van der Waals surface area contributed by atoms with E-state index in [9.17, 15) is 8.76 Å². The van der Waals surface area contributed by atoms with Gasteiger partial charge < -0.3 is 9.29 Å². The molecule has 1 aromatic carbocycles. The third kappa shape index (κ3) is 3.57. The van der Waals surface area contributed by atoms with Gasteiger partial charge in [-0.3, -0.25) is 4.21 Å². The van der Waals surface area contributed by atoms with Crippen LogP contribution in [0.25, 0.3) is 0 Å². The molecule has 0 aliphatic heterocycles. The van der Waals surface area contributed by atoms with Gasteiger partial charge in [0, 0.05) is 5.75 Å². The number of hydrogen-bond acceptors (Lipinski definition) is 3. The lowest BCUT2D eigenvalue weighted by Gasteiger charge is -2.06. The van der Waals surface area contributed by atoms with E-state index in [1.165, 1.54) is 0 Å². The van der Waals surface area contributed by atoms with Crippen molar-refractivity contribution in [3.63, 3.8) is 0 Å². The Labute approximate surface area is 80.0 Å². The first-order chi connectivity index (χ1) is 6.22. The van der Waals surface area contributed by atoms with E-state index in [0.29, 0.717) is 6.61 Å². The molecule has 0 aliphatic rings. The molecule has 1 unspecified atom stereocenters. The molecule has 0 amide bonds. The molecule has 0 saturated heterocycles. The van der Waals surface area contributed by atoms with Gasteiger partial charge in [-0.2, -0.15) is 0 Å². The van der Waals surface area contributed by atoms with E-state index in [-0.39, 0.29) is 5.75 Å². The van der Waals surface area contributed by atoms with Crippen LogP contribution in [0.4, 0.5) is 0 Å². The molecule has 0 bridgehead atoms. The fraction of sp³-hybridized carbons (Fsp3) is 0.333. The van der Waals surface area contributed by atoms with Gasteiger partial charge in [0.05, 0.1) is 6.61 Å². The van der Waals surface area contributed by atoms with Crippen molar-refractivity contribution < 1.29 is 13.5 Å². The Morgan fingerprint density at radius 2 is 2.00 bits per heavy atom. The summed E-state index contributed by atoms with van der Waals surface area (Å²) in [6.07, 6.45) is 0. The van der Waals surface area contributed by atoms with E-state index >= 15 is 0 Å². The first-order valence-corrected chi connectivity index (χ1v) is 5.24. The van der Waals surface area contributed by atoms with Crippen molar-refractivity contribution in [3.8, 4) is 5.75 Å². The third-order valence-electron chi connectivity index (χ3n) is 1.52. The van der Waals surface area contributed by atoms with E-state index in [1.807, 2.05) is 6.92 Å². The standard InChI is InChI=1S/C9H12O3S/c1-2-12-9-5-3-8(4-6-9)7-13(10)11/h3-6H,2,7H2,1H3,(H,10,11)/p-1. The van der Waals surface area contributed by atoms with Crippen LogP contribution < -0.4 is 4.74 Å². The molecule has 72 valence electrons. The molecule has 4 heteroatoms. The Bertz CT molecular complexity index is 281. The van der Waals surface area contributed by atoms with Crippen LogP contribution in [-0.2, 0) is 16.8 Å². The van der Waals surface area contributed by atoms with Crippen molar-refractivity contribution in [2.45, 2.75) is 12.7 Å². The minimum absolute atomic E-state index is 0.0619. The number of benzene rings is 1. The predicted octanol–water partition coefficient (Wildman–Crippen LogP) is 1.46. The fourth-order valence-corrected chi connectivity index (χ4v) is 1.45. The zero-order valence-corrected chi connectivity index (χ0v) is 8.17. The monoisotopic (exact) mass is 199 g/mol. The van der Waals surface area contributed by atoms with Crippen molar-refractivity contribution in [1.29, 1.82) is 0 Å². The summed E-state index contributed by atoms with van der Waals surface area (Å²) in [5, 5.41) is 0.